The van der Waals surface area contributed by atoms with Gasteiger partial charge in [0.1, 0.15) is 0 Å². The van der Waals surface area contributed by atoms with Crippen LogP contribution in [-0.2, 0) is 6.54 Å². The lowest BCUT2D eigenvalue weighted by atomic mass is 10.2. The van der Waals surface area contributed by atoms with Crippen LogP contribution in [0, 0.1) is 0 Å². The fourth-order valence-corrected chi connectivity index (χ4v) is 2.71. The number of nitrogens with one attached hydrogen (secondary N) is 2. The van der Waals surface area contributed by atoms with Crippen molar-refractivity contribution >= 4 is 23.3 Å². The van der Waals surface area contributed by atoms with E-state index >= 15 is 0 Å². The van der Waals surface area contributed by atoms with Gasteiger partial charge in [0, 0.05) is 17.2 Å². The molecule has 2 amide bonds. The number of amides is 2. The van der Waals surface area contributed by atoms with Crippen molar-refractivity contribution in [2.24, 2.45) is 0 Å². The van der Waals surface area contributed by atoms with E-state index in [1.807, 2.05) is 0 Å². The minimum absolute atomic E-state index is 0.103. The Kier molecular flexibility index (Phi) is 6.35. The van der Waals surface area contributed by atoms with Gasteiger partial charge in [-0.25, -0.2) is 4.79 Å². The normalized spacial score (nSPS) is 10.3. The van der Waals surface area contributed by atoms with E-state index < -0.39 is 6.03 Å². The van der Waals surface area contributed by atoms with E-state index in [0.717, 1.165) is 5.69 Å². The number of ether oxygens (including phenoxy) is 3. The average molecular weight is 419 g/mol. The topological polar surface area (TPSA) is 112 Å². The number of anilines is 1. The minimum atomic E-state index is -0.454. The summed E-state index contributed by atoms with van der Waals surface area (Å²) in [5.74, 6) is 1.73. The predicted molar refractivity (Wildman–Crippen MR) is 106 cm³/mol. The van der Waals surface area contributed by atoms with Crippen molar-refractivity contribution < 1.29 is 19.0 Å². The first-order chi connectivity index (χ1) is 14.0. The quantitative estimate of drug-likeness (QED) is 0.606. The number of nitrogens with zero attached hydrogens (tertiary/aromatic N) is 4. The van der Waals surface area contributed by atoms with Gasteiger partial charge in [0.2, 0.25) is 5.75 Å². The molecular formula is C18H19ClN6O4. The molecule has 0 bridgehead atoms. The monoisotopic (exact) mass is 418 g/mol. The first-order valence-electron chi connectivity index (χ1n) is 8.43. The van der Waals surface area contributed by atoms with Gasteiger partial charge in [-0.1, -0.05) is 11.6 Å². The molecule has 29 heavy (non-hydrogen) atoms. The Labute approximate surface area is 171 Å². The number of hydrogen-bond donors (Lipinski definition) is 2. The number of methoxy groups -OCH3 is 3. The lowest BCUT2D eigenvalue weighted by Gasteiger charge is -2.15. The number of carbonyl (C=O) groups is 1. The molecular weight excluding hydrogens is 400 g/mol. The molecule has 0 radical (unpaired) electrons. The zero-order valence-electron chi connectivity index (χ0n) is 16.0. The van der Waals surface area contributed by atoms with Crippen LogP contribution in [0.1, 0.15) is 5.82 Å². The van der Waals surface area contributed by atoms with Gasteiger partial charge in [-0.05, 0) is 34.7 Å². The summed E-state index contributed by atoms with van der Waals surface area (Å²) in [6, 6.07) is 9.80. The maximum absolute atomic E-state index is 12.3. The van der Waals surface area contributed by atoms with E-state index in [1.165, 1.54) is 26.0 Å². The minimum Gasteiger partial charge on any atom is -0.493 e. The third kappa shape index (κ3) is 4.66. The van der Waals surface area contributed by atoms with Crippen molar-refractivity contribution in [1.29, 1.82) is 0 Å². The number of hydrogen-bond acceptors (Lipinski definition) is 7. The van der Waals surface area contributed by atoms with Crippen molar-refractivity contribution in [2.45, 2.75) is 6.54 Å². The highest BCUT2D eigenvalue weighted by molar-refractivity contribution is 6.30. The second-order valence-corrected chi connectivity index (χ2v) is 6.14. The Morgan fingerprint density at radius 2 is 1.72 bits per heavy atom. The van der Waals surface area contributed by atoms with Gasteiger partial charge in [-0.15, -0.1) is 5.10 Å². The van der Waals surface area contributed by atoms with Crippen molar-refractivity contribution in [3.63, 3.8) is 0 Å². The number of carbonyl (C=O) groups excluding carboxylic acids is 1. The lowest BCUT2D eigenvalue weighted by molar-refractivity contribution is 0.251. The molecule has 11 heteroatoms. The fourth-order valence-electron chi connectivity index (χ4n) is 2.59. The molecule has 0 spiro atoms. The largest absolute Gasteiger partial charge is 0.493 e. The van der Waals surface area contributed by atoms with Gasteiger partial charge in [-0.3, -0.25) is 0 Å². The Hall–Kier alpha value is -3.53. The third-order valence-electron chi connectivity index (χ3n) is 3.93. The molecule has 2 N–H and O–H groups in total. The number of tetrazole rings is 1. The number of urea groups is 1. The van der Waals surface area contributed by atoms with E-state index in [0.29, 0.717) is 33.8 Å². The van der Waals surface area contributed by atoms with Crippen molar-refractivity contribution in [3.8, 4) is 22.9 Å². The van der Waals surface area contributed by atoms with Crippen LogP contribution < -0.4 is 24.8 Å². The molecule has 0 saturated carbocycles. The molecule has 3 rings (SSSR count). The second kappa shape index (κ2) is 9.11. The van der Waals surface area contributed by atoms with Crippen LogP contribution in [0.3, 0.4) is 0 Å². The summed E-state index contributed by atoms with van der Waals surface area (Å²) in [4.78, 5) is 12.3. The zero-order chi connectivity index (χ0) is 20.8. The summed E-state index contributed by atoms with van der Waals surface area (Å²) in [6.45, 7) is 0.103. The van der Waals surface area contributed by atoms with Crippen molar-refractivity contribution in [3.05, 3.63) is 47.2 Å². The standard InChI is InChI=1S/C18H19ClN6O4/c1-27-14-8-12(9-15(28-2)17(14)29-3)21-18(26)20-10-16-22-23-24-25(16)13-6-4-11(19)5-7-13/h4-9H,10H2,1-3H3,(H2,20,21,26). The van der Waals surface area contributed by atoms with Crippen LogP contribution in [0.25, 0.3) is 5.69 Å². The highest BCUT2D eigenvalue weighted by atomic mass is 35.5. The SMILES string of the molecule is COc1cc(NC(=O)NCc2nnnn2-c2ccc(Cl)cc2)cc(OC)c1OC. The fraction of sp³-hybridized carbons (Fsp3) is 0.222. The first-order valence-corrected chi connectivity index (χ1v) is 8.81. The molecule has 0 fully saturated rings. The summed E-state index contributed by atoms with van der Waals surface area (Å²) >= 11 is 5.90. The molecule has 0 atom stereocenters. The van der Waals surface area contributed by atoms with E-state index in [9.17, 15) is 4.79 Å². The van der Waals surface area contributed by atoms with Crippen LogP contribution in [0.5, 0.6) is 17.2 Å². The Morgan fingerprint density at radius 3 is 2.31 bits per heavy atom. The third-order valence-corrected chi connectivity index (χ3v) is 4.19. The summed E-state index contributed by atoms with van der Waals surface area (Å²) < 4.78 is 17.3. The Morgan fingerprint density at radius 1 is 1.07 bits per heavy atom. The van der Waals surface area contributed by atoms with Crippen molar-refractivity contribution in [2.75, 3.05) is 26.6 Å². The average Bonchev–Trinajstić information content (AvgIpc) is 3.20. The zero-order valence-corrected chi connectivity index (χ0v) is 16.7. The summed E-state index contributed by atoms with van der Waals surface area (Å²) in [7, 11) is 4.50. The maximum Gasteiger partial charge on any atom is 0.319 e. The van der Waals surface area contributed by atoms with Gasteiger partial charge in [-0.2, -0.15) is 4.68 Å². The van der Waals surface area contributed by atoms with Gasteiger partial charge >= 0.3 is 6.03 Å². The molecule has 10 nitrogen and oxygen atoms in total. The second-order valence-electron chi connectivity index (χ2n) is 5.71. The van der Waals surface area contributed by atoms with Gasteiger partial charge in [0.25, 0.3) is 0 Å². The number of benzene rings is 2. The lowest BCUT2D eigenvalue weighted by Crippen LogP contribution is -2.29. The Balaban J connectivity index is 1.68. The molecule has 0 unspecified atom stereocenters. The number of aromatic nitrogens is 4. The molecule has 0 saturated heterocycles. The molecule has 3 aromatic rings. The van der Waals surface area contributed by atoms with Crippen LogP contribution in [0.4, 0.5) is 10.5 Å². The molecule has 1 heterocycles. The van der Waals surface area contributed by atoms with Crippen molar-refractivity contribution in [1.82, 2.24) is 25.5 Å². The number of halogens is 1. The highest BCUT2D eigenvalue weighted by Gasteiger charge is 2.15. The summed E-state index contributed by atoms with van der Waals surface area (Å²) in [5.41, 5.74) is 1.19. The molecule has 0 aliphatic carbocycles. The molecule has 152 valence electrons. The van der Waals surface area contributed by atoms with E-state index in [-0.39, 0.29) is 6.54 Å². The van der Waals surface area contributed by atoms with Gasteiger partial charge < -0.3 is 24.8 Å². The number of rotatable bonds is 7. The van der Waals surface area contributed by atoms with Gasteiger partial charge in [0.05, 0.1) is 39.2 Å². The Bertz CT molecular complexity index is 967. The first kappa shape index (κ1) is 20.2. The highest BCUT2D eigenvalue weighted by Crippen LogP contribution is 2.39. The summed E-state index contributed by atoms with van der Waals surface area (Å²) in [5, 5.41) is 17.6. The maximum atomic E-state index is 12.3. The van der Waals surface area contributed by atoms with Crippen LogP contribution >= 0.6 is 11.6 Å². The smallest absolute Gasteiger partial charge is 0.319 e. The van der Waals surface area contributed by atoms with E-state index in [4.69, 9.17) is 25.8 Å². The van der Waals surface area contributed by atoms with E-state index in [1.54, 1.807) is 36.4 Å². The van der Waals surface area contributed by atoms with E-state index in [2.05, 4.69) is 26.2 Å². The van der Waals surface area contributed by atoms with Crippen LogP contribution in [0.15, 0.2) is 36.4 Å². The summed E-state index contributed by atoms with van der Waals surface area (Å²) in [6.07, 6.45) is 0. The molecule has 0 aliphatic heterocycles. The van der Waals surface area contributed by atoms with Crippen LogP contribution in [0.2, 0.25) is 5.02 Å². The van der Waals surface area contributed by atoms with Gasteiger partial charge in [0.15, 0.2) is 17.3 Å². The predicted octanol–water partition coefficient (Wildman–Crippen LogP) is 2.66. The molecule has 0 aliphatic rings. The molecule has 2 aromatic carbocycles. The van der Waals surface area contributed by atoms with Crippen LogP contribution in [-0.4, -0.2) is 47.6 Å². The molecule has 1 aromatic heterocycles.